The molecule has 0 amide bonds. The van der Waals surface area contributed by atoms with Crippen molar-refractivity contribution >= 4 is 23.2 Å². The molecular weight excluding hydrogens is 302 g/mol. The SMILES string of the molecule is COc1cccc(C(NN)c2cc(Cl)cc(Cl)c2)c1F. The van der Waals surface area contributed by atoms with Crippen LogP contribution in [-0.2, 0) is 0 Å². The molecule has 0 spiro atoms. The van der Waals surface area contributed by atoms with Gasteiger partial charge in [-0.15, -0.1) is 0 Å². The second-order valence-electron chi connectivity index (χ2n) is 4.17. The number of hydrazine groups is 1. The zero-order valence-corrected chi connectivity index (χ0v) is 12.2. The Balaban J connectivity index is 2.52. The van der Waals surface area contributed by atoms with Crippen molar-refractivity contribution in [2.45, 2.75) is 6.04 Å². The van der Waals surface area contributed by atoms with Crippen LogP contribution in [0.1, 0.15) is 17.2 Å². The van der Waals surface area contributed by atoms with E-state index in [1.165, 1.54) is 13.2 Å². The van der Waals surface area contributed by atoms with E-state index in [-0.39, 0.29) is 5.75 Å². The zero-order chi connectivity index (χ0) is 14.7. The normalized spacial score (nSPS) is 12.2. The van der Waals surface area contributed by atoms with Crippen LogP contribution in [0.25, 0.3) is 0 Å². The van der Waals surface area contributed by atoms with Gasteiger partial charge in [0.1, 0.15) is 0 Å². The van der Waals surface area contributed by atoms with Crippen LogP contribution in [0, 0.1) is 5.82 Å². The lowest BCUT2D eigenvalue weighted by Crippen LogP contribution is -2.29. The maximum absolute atomic E-state index is 14.3. The smallest absolute Gasteiger partial charge is 0.170 e. The van der Waals surface area contributed by atoms with Gasteiger partial charge in [-0.2, -0.15) is 0 Å². The van der Waals surface area contributed by atoms with E-state index in [1.54, 1.807) is 30.3 Å². The Kier molecular flexibility index (Phi) is 4.83. The van der Waals surface area contributed by atoms with Gasteiger partial charge in [-0.05, 0) is 29.8 Å². The second kappa shape index (κ2) is 6.41. The van der Waals surface area contributed by atoms with E-state index in [1.807, 2.05) is 0 Å². The van der Waals surface area contributed by atoms with Crippen LogP contribution in [0.4, 0.5) is 4.39 Å². The van der Waals surface area contributed by atoms with Gasteiger partial charge >= 0.3 is 0 Å². The van der Waals surface area contributed by atoms with E-state index in [0.717, 1.165) is 0 Å². The summed E-state index contributed by atoms with van der Waals surface area (Å²) in [4.78, 5) is 0. The fraction of sp³-hybridized carbons (Fsp3) is 0.143. The first-order valence-electron chi connectivity index (χ1n) is 5.81. The largest absolute Gasteiger partial charge is 0.494 e. The van der Waals surface area contributed by atoms with E-state index in [0.29, 0.717) is 21.2 Å². The van der Waals surface area contributed by atoms with Crippen molar-refractivity contribution in [2.24, 2.45) is 5.84 Å². The van der Waals surface area contributed by atoms with Gasteiger partial charge in [0, 0.05) is 15.6 Å². The predicted octanol–water partition coefficient (Wildman–Crippen LogP) is 3.69. The first kappa shape index (κ1) is 15.1. The Labute approximate surface area is 126 Å². The number of nitrogens with two attached hydrogens (primary N) is 1. The number of rotatable bonds is 4. The van der Waals surface area contributed by atoms with Crippen molar-refractivity contribution in [2.75, 3.05) is 7.11 Å². The van der Waals surface area contributed by atoms with Crippen molar-refractivity contribution in [3.05, 3.63) is 63.4 Å². The summed E-state index contributed by atoms with van der Waals surface area (Å²) in [6.07, 6.45) is 0. The first-order chi connectivity index (χ1) is 9.56. The maximum atomic E-state index is 14.3. The van der Waals surface area contributed by atoms with Crippen LogP contribution < -0.4 is 16.0 Å². The van der Waals surface area contributed by atoms with E-state index in [4.69, 9.17) is 33.8 Å². The van der Waals surface area contributed by atoms with Crippen molar-refractivity contribution in [3.8, 4) is 5.75 Å². The average Bonchev–Trinajstić information content (AvgIpc) is 2.40. The van der Waals surface area contributed by atoms with Crippen LogP contribution in [0.3, 0.4) is 0 Å². The van der Waals surface area contributed by atoms with Crippen LogP contribution in [-0.4, -0.2) is 7.11 Å². The Morgan fingerprint density at radius 1 is 1.20 bits per heavy atom. The molecular formula is C14H13Cl2FN2O. The van der Waals surface area contributed by atoms with Crippen LogP contribution in [0.5, 0.6) is 5.75 Å². The maximum Gasteiger partial charge on any atom is 0.170 e. The molecule has 1 unspecified atom stereocenters. The summed E-state index contributed by atoms with van der Waals surface area (Å²) >= 11 is 11.9. The lowest BCUT2D eigenvalue weighted by molar-refractivity contribution is 0.381. The molecule has 0 aliphatic carbocycles. The Morgan fingerprint density at radius 2 is 1.85 bits per heavy atom. The number of halogens is 3. The second-order valence-corrected chi connectivity index (χ2v) is 5.04. The molecule has 106 valence electrons. The molecule has 0 heterocycles. The molecule has 0 saturated carbocycles. The molecule has 1 atom stereocenters. The molecule has 0 radical (unpaired) electrons. The number of hydrogen-bond donors (Lipinski definition) is 2. The van der Waals surface area contributed by atoms with Gasteiger partial charge in [0.05, 0.1) is 13.2 Å². The average molecular weight is 315 g/mol. The fourth-order valence-electron chi connectivity index (χ4n) is 2.02. The highest BCUT2D eigenvalue weighted by atomic mass is 35.5. The third kappa shape index (κ3) is 3.04. The summed E-state index contributed by atoms with van der Waals surface area (Å²) in [5.74, 6) is 5.22. The Morgan fingerprint density at radius 3 is 2.40 bits per heavy atom. The van der Waals surface area contributed by atoms with E-state index in [2.05, 4.69) is 5.43 Å². The van der Waals surface area contributed by atoms with Crippen molar-refractivity contribution < 1.29 is 9.13 Å². The van der Waals surface area contributed by atoms with Crippen molar-refractivity contribution in [1.29, 1.82) is 0 Å². The van der Waals surface area contributed by atoms with Crippen molar-refractivity contribution in [3.63, 3.8) is 0 Å². The summed E-state index contributed by atoms with van der Waals surface area (Å²) in [6, 6.07) is 9.22. The summed E-state index contributed by atoms with van der Waals surface area (Å²) < 4.78 is 19.3. The topological polar surface area (TPSA) is 47.3 Å². The number of hydrogen-bond acceptors (Lipinski definition) is 3. The molecule has 6 heteroatoms. The highest BCUT2D eigenvalue weighted by molar-refractivity contribution is 6.34. The quantitative estimate of drug-likeness (QED) is 0.668. The molecule has 3 nitrogen and oxygen atoms in total. The molecule has 0 saturated heterocycles. The van der Waals surface area contributed by atoms with Crippen LogP contribution in [0.15, 0.2) is 36.4 Å². The third-order valence-electron chi connectivity index (χ3n) is 2.91. The highest BCUT2D eigenvalue weighted by Crippen LogP contribution is 2.31. The van der Waals surface area contributed by atoms with E-state index in [9.17, 15) is 4.39 Å². The lowest BCUT2D eigenvalue weighted by atomic mass is 9.98. The van der Waals surface area contributed by atoms with Crippen LogP contribution >= 0.6 is 23.2 Å². The van der Waals surface area contributed by atoms with Gasteiger partial charge in [0.2, 0.25) is 0 Å². The molecule has 2 rings (SSSR count). The molecule has 0 aliphatic heterocycles. The summed E-state index contributed by atoms with van der Waals surface area (Å²) in [7, 11) is 1.41. The minimum atomic E-state index is -0.582. The minimum absolute atomic E-state index is 0.149. The lowest BCUT2D eigenvalue weighted by Gasteiger charge is -2.19. The molecule has 0 aliphatic rings. The summed E-state index contributed by atoms with van der Waals surface area (Å²) in [6.45, 7) is 0. The molecule has 0 aromatic heterocycles. The molecule has 0 bridgehead atoms. The van der Waals surface area contributed by atoms with Gasteiger partial charge in [-0.25, -0.2) is 9.82 Å². The molecule has 0 fully saturated rings. The standard InChI is InChI=1S/C14H13Cl2FN2O/c1-20-12-4-2-3-11(13(12)17)14(19-18)8-5-9(15)7-10(16)6-8/h2-7,14,19H,18H2,1H3. The zero-order valence-electron chi connectivity index (χ0n) is 10.7. The highest BCUT2D eigenvalue weighted by Gasteiger charge is 2.20. The number of benzene rings is 2. The van der Waals surface area contributed by atoms with Gasteiger partial charge in [0.15, 0.2) is 11.6 Å². The third-order valence-corrected chi connectivity index (χ3v) is 3.35. The summed E-state index contributed by atoms with van der Waals surface area (Å²) in [5.41, 5.74) is 3.58. The van der Waals surface area contributed by atoms with Crippen LogP contribution in [0.2, 0.25) is 10.0 Å². The van der Waals surface area contributed by atoms with Gasteiger partial charge in [0.25, 0.3) is 0 Å². The number of nitrogens with one attached hydrogen (secondary N) is 1. The van der Waals surface area contributed by atoms with Crippen molar-refractivity contribution in [1.82, 2.24) is 5.43 Å². The van der Waals surface area contributed by atoms with E-state index >= 15 is 0 Å². The number of methoxy groups -OCH3 is 1. The minimum Gasteiger partial charge on any atom is -0.494 e. The van der Waals surface area contributed by atoms with E-state index < -0.39 is 11.9 Å². The summed E-state index contributed by atoms with van der Waals surface area (Å²) in [5, 5.41) is 0.909. The van der Waals surface area contributed by atoms with Gasteiger partial charge < -0.3 is 4.74 Å². The molecule has 2 aromatic carbocycles. The number of ether oxygens (including phenoxy) is 1. The van der Waals surface area contributed by atoms with Gasteiger partial charge in [-0.1, -0.05) is 35.3 Å². The fourth-order valence-corrected chi connectivity index (χ4v) is 2.56. The molecule has 3 N–H and O–H groups in total. The predicted molar refractivity (Wildman–Crippen MR) is 78.6 cm³/mol. The Bertz CT molecular complexity index is 602. The van der Waals surface area contributed by atoms with Gasteiger partial charge in [-0.3, -0.25) is 5.84 Å². The first-order valence-corrected chi connectivity index (χ1v) is 6.57. The monoisotopic (exact) mass is 314 g/mol. The molecule has 2 aromatic rings. The molecule has 20 heavy (non-hydrogen) atoms. The Hall–Kier alpha value is -1.33.